The maximum atomic E-state index is 12.4. The molecule has 9 heteroatoms. The first-order valence-corrected chi connectivity index (χ1v) is 10.3. The summed E-state index contributed by atoms with van der Waals surface area (Å²) in [5.41, 5.74) is 0.432. The van der Waals surface area contributed by atoms with Crippen LogP contribution in [0.3, 0.4) is 0 Å². The fraction of sp³-hybridized carbons (Fsp3) is 0.643. The lowest BCUT2D eigenvalue weighted by atomic mass is 10.3. The van der Waals surface area contributed by atoms with Gasteiger partial charge in [0.15, 0.2) is 11.0 Å². The van der Waals surface area contributed by atoms with Gasteiger partial charge in [0.25, 0.3) is 0 Å². The highest BCUT2D eigenvalue weighted by Crippen LogP contribution is 2.31. The minimum atomic E-state index is -3.14. The minimum Gasteiger partial charge on any atom is -0.354 e. The molecule has 1 aromatic heterocycles. The number of nitrogens with zero attached hydrogens (tertiary/aromatic N) is 5. The molecule has 1 aromatic rings. The lowest BCUT2D eigenvalue weighted by molar-refractivity contribution is 0.432. The van der Waals surface area contributed by atoms with Crippen LogP contribution in [0.25, 0.3) is 0 Å². The molecule has 7 nitrogen and oxygen atoms in total. The van der Waals surface area contributed by atoms with Gasteiger partial charge >= 0.3 is 0 Å². The van der Waals surface area contributed by atoms with Gasteiger partial charge in [-0.2, -0.15) is 9.57 Å². The predicted molar refractivity (Wildman–Crippen MR) is 88.9 cm³/mol. The summed E-state index contributed by atoms with van der Waals surface area (Å²) in [5, 5.41) is 9.72. The first-order valence-electron chi connectivity index (χ1n) is 7.61. The molecule has 2 heterocycles. The monoisotopic (exact) mass is 353 g/mol. The summed E-state index contributed by atoms with van der Waals surface area (Å²) >= 11 is 1.42. The highest BCUT2D eigenvalue weighted by molar-refractivity contribution is 7.98. The van der Waals surface area contributed by atoms with Gasteiger partial charge in [-0.3, -0.25) is 0 Å². The number of anilines is 1. The van der Waals surface area contributed by atoms with Gasteiger partial charge in [-0.15, -0.1) is 0 Å². The van der Waals surface area contributed by atoms with Crippen molar-refractivity contribution in [3.63, 3.8) is 0 Å². The molecule has 0 bridgehead atoms. The summed E-state index contributed by atoms with van der Waals surface area (Å²) in [7, 11) is -3.14. The molecule has 0 atom stereocenters. The van der Waals surface area contributed by atoms with Crippen molar-refractivity contribution in [3.8, 4) is 6.07 Å². The number of rotatable bonds is 4. The smallest absolute Gasteiger partial charge is 0.217 e. The van der Waals surface area contributed by atoms with Gasteiger partial charge in [0.1, 0.15) is 11.6 Å². The van der Waals surface area contributed by atoms with Gasteiger partial charge < -0.3 is 4.90 Å². The number of nitriles is 1. The van der Waals surface area contributed by atoms with Crippen LogP contribution in [0.4, 0.5) is 5.82 Å². The Morgan fingerprint density at radius 2 is 2.09 bits per heavy atom. The van der Waals surface area contributed by atoms with Gasteiger partial charge in [0.2, 0.25) is 10.0 Å². The standard InChI is InChI=1S/C14H19N5O2S2/c1-22-14-16-10-11(9-15)13(17-14)18-5-2-6-19(8-7-18)23(20,21)12-3-4-12/h10,12H,2-8H2,1H3. The van der Waals surface area contributed by atoms with E-state index in [1.807, 2.05) is 11.2 Å². The van der Waals surface area contributed by atoms with Crippen molar-refractivity contribution in [1.29, 1.82) is 5.26 Å². The molecule has 0 amide bonds. The Labute approximate surface area is 140 Å². The average Bonchev–Trinajstić information content (AvgIpc) is 3.40. The Morgan fingerprint density at radius 3 is 2.74 bits per heavy atom. The van der Waals surface area contributed by atoms with Crippen LogP contribution >= 0.6 is 11.8 Å². The second kappa shape index (κ2) is 6.63. The number of thioether (sulfide) groups is 1. The molecule has 1 saturated carbocycles. The van der Waals surface area contributed by atoms with E-state index < -0.39 is 10.0 Å². The molecule has 23 heavy (non-hydrogen) atoms. The molecule has 0 aromatic carbocycles. The van der Waals surface area contributed by atoms with Crippen LogP contribution in [0.1, 0.15) is 24.8 Å². The van der Waals surface area contributed by atoms with E-state index in [0.717, 1.165) is 19.3 Å². The molecule has 0 N–H and O–H groups in total. The zero-order valence-corrected chi connectivity index (χ0v) is 14.6. The van der Waals surface area contributed by atoms with Crippen molar-refractivity contribution in [2.75, 3.05) is 37.3 Å². The lowest BCUT2D eigenvalue weighted by Gasteiger charge is -2.23. The second-order valence-corrected chi connectivity index (χ2v) is 8.68. The molecular weight excluding hydrogens is 334 g/mol. The third-order valence-corrected chi connectivity index (χ3v) is 7.07. The molecule has 1 saturated heterocycles. The molecule has 0 radical (unpaired) electrons. The normalized spacial score (nSPS) is 20.1. The first-order chi connectivity index (χ1) is 11.1. The van der Waals surface area contributed by atoms with Gasteiger partial charge in [-0.1, -0.05) is 11.8 Å². The van der Waals surface area contributed by atoms with Crippen molar-refractivity contribution < 1.29 is 8.42 Å². The Kier molecular flexibility index (Phi) is 4.75. The topological polar surface area (TPSA) is 90.2 Å². The summed E-state index contributed by atoms with van der Waals surface area (Å²) in [6.07, 6.45) is 5.72. The highest BCUT2D eigenvalue weighted by Gasteiger charge is 2.40. The number of hydrogen-bond acceptors (Lipinski definition) is 7. The van der Waals surface area contributed by atoms with Crippen molar-refractivity contribution in [2.24, 2.45) is 0 Å². The SMILES string of the molecule is CSc1ncc(C#N)c(N2CCCN(S(=O)(=O)C3CC3)CC2)n1. The van der Waals surface area contributed by atoms with E-state index in [-0.39, 0.29) is 5.25 Å². The first kappa shape index (κ1) is 16.5. The maximum Gasteiger partial charge on any atom is 0.217 e. The predicted octanol–water partition coefficient (Wildman–Crippen LogP) is 1.07. The molecule has 0 unspecified atom stereocenters. The zero-order chi connectivity index (χ0) is 16.4. The summed E-state index contributed by atoms with van der Waals surface area (Å²) in [6.45, 7) is 2.22. The molecule has 1 aliphatic heterocycles. The van der Waals surface area contributed by atoms with Crippen LogP contribution < -0.4 is 4.90 Å². The minimum absolute atomic E-state index is 0.175. The Hall–Kier alpha value is -1.37. The van der Waals surface area contributed by atoms with Gasteiger partial charge in [0, 0.05) is 26.2 Å². The van der Waals surface area contributed by atoms with E-state index in [1.165, 1.54) is 18.0 Å². The Bertz CT molecular complexity index is 727. The van der Waals surface area contributed by atoms with Gasteiger partial charge in [-0.25, -0.2) is 18.4 Å². The second-order valence-electron chi connectivity index (χ2n) is 5.69. The van der Waals surface area contributed by atoms with E-state index in [2.05, 4.69) is 16.0 Å². The van der Waals surface area contributed by atoms with E-state index in [4.69, 9.17) is 0 Å². The van der Waals surface area contributed by atoms with Crippen LogP contribution in [-0.4, -0.2) is 60.4 Å². The molecule has 124 valence electrons. The van der Waals surface area contributed by atoms with Crippen molar-refractivity contribution in [1.82, 2.24) is 14.3 Å². The molecule has 2 aliphatic rings. The van der Waals surface area contributed by atoms with Crippen molar-refractivity contribution in [3.05, 3.63) is 11.8 Å². The Morgan fingerprint density at radius 1 is 1.30 bits per heavy atom. The van der Waals surface area contributed by atoms with Crippen LogP contribution in [0.2, 0.25) is 0 Å². The van der Waals surface area contributed by atoms with E-state index >= 15 is 0 Å². The highest BCUT2D eigenvalue weighted by atomic mass is 32.2. The lowest BCUT2D eigenvalue weighted by Crippen LogP contribution is -2.37. The average molecular weight is 353 g/mol. The molecule has 2 fully saturated rings. The van der Waals surface area contributed by atoms with Crippen LogP contribution in [0.5, 0.6) is 0 Å². The van der Waals surface area contributed by atoms with E-state index in [9.17, 15) is 13.7 Å². The summed E-state index contributed by atoms with van der Waals surface area (Å²) in [4.78, 5) is 10.6. The van der Waals surface area contributed by atoms with Crippen molar-refractivity contribution >= 4 is 27.6 Å². The summed E-state index contributed by atoms with van der Waals surface area (Å²) in [6, 6.07) is 2.13. The van der Waals surface area contributed by atoms with E-state index in [0.29, 0.717) is 42.7 Å². The molecule has 3 rings (SSSR count). The molecular formula is C14H19N5O2S2. The number of hydrogen-bond donors (Lipinski definition) is 0. The summed E-state index contributed by atoms with van der Waals surface area (Å²) < 4.78 is 26.4. The Balaban J connectivity index is 1.79. The van der Waals surface area contributed by atoms with Gasteiger partial charge in [-0.05, 0) is 25.5 Å². The fourth-order valence-electron chi connectivity index (χ4n) is 2.71. The maximum absolute atomic E-state index is 12.4. The fourth-order valence-corrected chi connectivity index (χ4v) is 4.92. The zero-order valence-electron chi connectivity index (χ0n) is 13.0. The third-order valence-electron chi connectivity index (χ3n) is 4.11. The van der Waals surface area contributed by atoms with Crippen LogP contribution in [-0.2, 0) is 10.0 Å². The van der Waals surface area contributed by atoms with Crippen molar-refractivity contribution in [2.45, 2.75) is 29.7 Å². The molecule has 1 aliphatic carbocycles. The van der Waals surface area contributed by atoms with Gasteiger partial charge in [0.05, 0.1) is 11.4 Å². The van der Waals surface area contributed by atoms with Crippen LogP contribution in [0.15, 0.2) is 11.4 Å². The summed E-state index contributed by atoms with van der Waals surface area (Å²) in [5.74, 6) is 0.609. The largest absolute Gasteiger partial charge is 0.354 e. The number of sulfonamides is 1. The quantitative estimate of drug-likeness (QED) is 0.591. The van der Waals surface area contributed by atoms with E-state index in [1.54, 1.807) is 4.31 Å². The molecule has 0 spiro atoms. The van der Waals surface area contributed by atoms with Crippen LogP contribution in [0, 0.1) is 11.3 Å². The number of aromatic nitrogens is 2. The third kappa shape index (κ3) is 3.44.